The Labute approximate surface area is 190 Å². The molecule has 31 heavy (non-hydrogen) atoms. The molecule has 1 aliphatic rings. The molecule has 1 fully saturated rings. The molecule has 0 bridgehead atoms. The molecule has 1 saturated heterocycles. The van der Waals surface area contributed by atoms with E-state index in [1.165, 1.54) is 23.1 Å². The number of halogens is 1. The number of aromatic nitrogens is 1. The lowest BCUT2D eigenvalue weighted by Gasteiger charge is -2.22. The molecule has 4 rings (SSSR count). The van der Waals surface area contributed by atoms with Crippen LogP contribution in [0.3, 0.4) is 0 Å². The van der Waals surface area contributed by atoms with Gasteiger partial charge in [-0.1, -0.05) is 48.0 Å². The lowest BCUT2D eigenvalue weighted by atomic mass is 10.1. The summed E-state index contributed by atoms with van der Waals surface area (Å²) in [6.45, 7) is 11.2. The van der Waals surface area contributed by atoms with Crippen molar-refractivity contribution in [2.24, 2.45) is 0 Å². The molecule has 3 aromatic rings. The lowest BCUT2D eigenvalue weighted by Crippen LogP contribution is -2.31. The molecule has 2 heterocycles. The van der Waals surface area contributed by atoms with Gasteiger partial charge in [0.2, 0.25) is 0 Å². The highest BCUT2D eigenvalue weighted by molar-refractivity contribution is 6.31. The molecule has 1 aromatic heterocycles. The SMILES string of the molecule is CC(=O)c1cn(CCCN2CCCN(Cc3ccccc3Cl)CC2)c2c(C)cccc12. The monoisotopic (exact) mass is 437 g/mol. The number of Topliss-reactive ketones (excluding diaryl/α,β-unsaturated/α-hetero) is 1. The Hall–Kier alpha value is -2.14. The first-order chi connectivity index (χ1) is 15.0. The van der Waals surface area contributed by atoms with E-state index in [1.807, 2.05) is 24.4 Å². The van der Waals surface area contributed by atoms with Gasteiger partial charge in [-0.15, -0.1) is 0 Å². The summed E-state index contributed by atoms with van der Waals surface area (Å²) in [5.74, 6) is 0.139. The van der Waals surface area contributed by atoms with E-state index in [4.69, 9.17) is 11.6 Å². The van der Waals surface area contributed by atoms with Gasteiger partial charge in [-0.25, -0.2) is 0 Å². The van der Waals surface area contributed by atoms with Crippen LogP contribution in [0.5, 0.6) is 0 Å². The van der Waals surface area contributed by atoms with Crippen LogP contribution in [0.1, 0.15) is 41.3 Å². The minimum atomic E-state index is 0.139. The number of rotatable bonds is 7. The van der Waals surface area contributed by atoms with E-state index < -0.39 is 0 Å². The van der Waals surface area contributed by atoms with E-state index in [0.717, 1.165) is 68.2 Å². The second-order valence-electron chi connectivity index (χ2n) is 8.68. The Balaban J connectivity index is 1.33. The summed E-state index contributed by atoms with van der Waals surface area (Å²) in [6.07, 6.45) is 4.32. The number of fused-ring (bicyclic) bond motifs is 1. The molecule has 0 N–H and O–H groups in total. The summed E-state index contributed by atoms with van der Waals surface area (Å²) in [5, 5.41) is 1.94. The fraction of sp³-hybridized carbons (Fsp3) is 0.423. The second kappa shape index (κ2) is 9.99. The van der Waals surface area contributed by atoms with Crippen molar-refractivity contribution in [1.82, 2.24) is 14.4 Å². The first-order valence-corrected chi connectivity index (χ1v) is 11.7. The Kier molecular flexibility index (Phi) is 7.11. The molecule has 0 saturated carbocycles. The normalized spacial score (nSPS) is 16.0. The largest absolute Gasteiger partial charge is 0.346 e. The Morgan fingerprint density at radius 2 is 1.74 bits per heavy atom. The molecule has 164 valence electrons. The van der Waals surface area contributed by atoms with Crippen LogP contribution in [0.2, 0.25) is 5.02 Å². The van der Waals surface area contributed by atoms with E-state index >= 15 is 0 Å². The third-order valence-corrected chi connectivity index (χ3v) is 6.75. The van der Waals surface area contributed by atoms with E-state index in [-0.39, 0.29) is 5.78 Å². The Morgan fingerprint density at radius 3 is 2.55 bits per heavy atom. The number of nitrogens with zero attached hydrogens (tertiary/aromatic N) is 3. The number of carbonyl (C=O) groups excluding carboxylic acids is 1. The van der Waals surface area contributed by atoms with Gasteiger partial charge in [0.05, 0.1) is 5.52 Å². The zero-order valence-corrected chi connectivity index (χ0v) is 19.4. The highest BCUT2D eigenvalue weighted by Crippen LogP contribution is 2.25. The topological polar surface area (TPSA) is 28.5 Å². The summed E-state index contributed by atoms with van der Waals surface area (Å²) >= 11 is 6.35. The van der Waals surface area contributed by atoms with Crippen molar-refractivity contribution >= 4 is 28.3 Å². The Bertz CT molecular complexity index is 1060. The van der Waals surface area contributed by atoms with Gasteiger partial charge in [-0.3, -0.25) is 9.69 Å². The highest BCUT2D eigenvalue weighted by atomic mass is 35.5. The maximum Gasteiger partial charge on any atom is 0.161 e. The molecule has 5 heteroatoms. The van der Waals surface area contributed by atoms with Gasteiger partial charge in [-0.2, -0.15) is 0 Å². The maximum atomic E-state index is 12.1. The average Bonchev–Trinajstić information content (AvgIpc) is 2.98. The molecular weight excluding hydrogens is 406 g/mol. The van der Waals surface area contributed by atoms with Gasteiger partial charge < -0.3 is 9.47 Å². The van der Waals surface area contributed by atoms with Crippen LogP contribution in [-0.2, 0) is 13.1 Å². The molecule has 0 atom stereocenters. The molecule has 4 nitrogen and oxygen atoms in total. The maximum absolute atomic E-state index is 12.1. The predicted octanol–water partition coefficient (Wildman–Crippen LogP) is 5.40. The van der Waals surface area contributed by atoms with E-state index in [9.17, 15) is 4.79 Å². The van der Waals surface area contributed by atoms with Crippen molar-refractivity contribution in [3.63, 3.8) is 0 Å². The van der Waals surface area contributed by atoms with E-state index in [0.29, 0.717) is 0 Å². The van der Waals surface area contributed by atoms with Crippen molar-refractivity contribution < 1.29 is 4.79 Å². The molecule has 0 aliphatic carbocycles. The zero-order chi connectivity index (χ0) is 21.8. The van der Waals surface area contributed by atoms with Gasteiger partial charge in [-0.05, 0) is 63.5 Å². The molecule has 0 unspecified atom stereocenters. The van der Waals surface area contributed by atoms with Crippen LogP contribution in [0.4, 0.5) is 0 Å². The van der Waals surface area contributed by atoms with Crippen LogP contribution in [0.25, 0.3) is 10.9 Å². The average molecular weight is 438 g/mol. The van der Waals surface area contributed by atoms with Gasteiger partial charge in [0.25, 0.3) is 0 Å². The quantitative estimate of drug-likeness (QED) is 0.463. The Morgan fingerprint density at radius 1 is 0.968 bits per heavy atom. The minimum absolute atomic E-state index is 0.139. The molecule has 1 aliphatic heterocycles. The summed E-state index contributed by atoms with van der Waals surface area (Å²) in [7, 11) is 0. The fourth-order valence-electron chi connectivity index (χ4n) is 4.74. The summed E-state index contributed by atoms with van der Waals surface area (Å²) < 4.78 is 2.28. The molecular formula is C26H32ClN3O. The molecule has 0 radical (unpaired) electrons. The first-order valence-electron chi connectivity index (χ1n) is 11.3. The number of hydrogen-bond acceptors (Lipinski definition) is 3. The third kappa shape index (κ3) is 5.20. The van der Waals surface area contributed by atoms with Crippen LogP contribution >= 0.6 is 11.6 Å². The molecule has 0 amide bonds. The smallest absolute Gasteiger partial charge is 0.161 e. The fourth-order valence-corrected chi connectivity index (χ4v) is 4.94. The number of hydrogen-bond donors (Lipinski definition) is 0. The van der Waals surface area contributed by atoms with Crippen LogP contribution < -0.4 is 0 Å². The van der Waals surface area contributed by atoms with Crippen molar-refractivity contribution in [2.45, 2.75) is 39.8 Å². The van der Waals surface area contributed by atoms with Crippen LogP contribution in [-0.4, -0.2) is 52.9 Å². The van der Waals surface area contributed by atoms with Gasteiger partial charge in [0, 0.05) is 48.3 Å². The standard InChI is InChI=1S/C26H32ClN3O/c1-20-8-5-10-23-24(21(2)31)19-30(26(20)23)15-7-13-28-12-6-14-29(17-16-28)18-22-9-3-4-11-25(22)27/h3-5,8-11,19H,6-7,12-18H2,1-2H3. The lowest BCUT2D eigenvalue weighted by molar-refractivity contribution is 0.101. The molecule has 2 aromatic carbocycles. The summed E-state index contributed by atoms with van der Waals surface area (Å²) in [6, 6.07) is 14.4. The number of benzene rings is 2. The predicted molar refractivity (Wildman–Crippen MR) is 129 cm³/mol. The van der Waals surface area contributed by atoms with Gasteiger partial charge >= 0.3 is 0 Å². The van der Waals surface area contributed by atoms with Crippen molar-refractivity contribution in [1.29, 1.82) is 0 Å². The van der Waals surface area contributed by atoms with Crippen molar-refractivity contribution in [3.05, 3.63) is 70.4 Å². The van der Waals surface area contributed by atoms with Crippen molar-refractivity contribution in [2.75, 3.05) is 32.7 Å². The van der Waals surface area contributed by atoms with Crippen LogP contribution in [0, 0.1) is 6.92 Å². The first kappa shape index (κ1) is 22.1. The summed E-state index contributed by atoms with van der Waals surface area (Å²) in [4.78, 5) is 17.2. The van der Waals surface area contributed by atoms with Crippen LogP contribution in [0.15, 0.2) is 48.7 Å². The number of aryl methyl sites for hydroxylation is 2. The van der Waals surface area contributed by atoms with Gasteiger partial charge in [0.15, 0.2) is 5.78 Å². The molecule has 0 spiro atoms. The van der Waals surface area contributed by atoms with E-state index in [1.54, 1.807) is 6.92 Å². The highest BCUT2D eigenvalue weighted by Gasteiger charge is 2.17. The summed E-state index contributed by atoms with van der Waals surface area (Å²) in [5.41, 5.74) is 4.49. The van der Waals surface area contributed by atoms with E-state index in [2.05, 4.69) is 45.6 Å². The van der Waals surface area contributed by atoms with Crippen molar-refractivity contribution in [3.8, 4) is 0 Å². The number of carbonyl (C=O) groups is 1. The number of para-hydroxylation sites is 1. The third-order valence-electron chi connectivity index (χ3n) is 6.39. The van der Waals surface area contributed by atoms with Gasteiger partial charge in [0.1, 0.15) is 0 Å². The minimum Gasteiger partial charge on any atom is -0.346 e. The number of ketones is 1. The second-order valence-corrected chi connectivity index (χ2v) is 9.09. The zero-order valence-electron chi connectivity index (χ0n) is 18.6.